The molecule has 0 bridgehead atoms. The number of nitrogens with one attached hydrogen (secondary N) is 1. The van der Waals surface area contributed by atoms with E-state index in [1.54, 1.807) is 14.8 Å². The Morgan fingerprint density at radius 1 is 1.58 bits per heavy atom. The molecule has 0 spiro atoms. The van der Waals surface area contributed by atoms with Crippen LogP contribution in [0.2, 0.25) is 5.28 Å². The first kappa shape index (κ1) is 18.5. The minimum Gasteiger partial charge on any atom is -0.325 e. The number of aromatic nitrogens is 4. The number of carbonyl (C=O) groups excluding carboxylic acids is 1. The summed E-state index contributed by atoms with van der Waals surface area (Å²) in [5.74, 6) is -0.965. The second-order valence-corrected chi connectivity index (χ2v) is 6.65. The third kappa shape index (κ3) is 3.37. The van der Waals surface area contributed by atoms with Gasteiger partial charge >= 0.3 is 0 Å². The second-order valence-electron chi connectivity index (χ2n) is 5.69. The standard InChI is InChI=1S/C17H14ClIN6O/c1-3-4-25-8-11-14(22-17(18)23-15(11)24-25)13-10(5-9(2)7-20)12(6-19)21-16(13)26/h5-6,8,13H,2-4H2,1H3,(H,21,26)/b10-5?,12-6+. The molecular weight excluding hydrogens is 467 g/mol. The summed E-state index contributed by atoms with van der Waals surface area (Å²) in [7, 11) is 0. The SMILES string of the molecule is C=C(C#N)C=C1/C(=C\I)NC(=O)C1c1nc(Cl)nc2nn(CCC)cc12. The van der Waals surface area contributed by atoms with Crippen molar-refractivity contribution in [1.82, 2.24) is 25.1 Å². The van der Waals surface area contributed by atoms with Crippen molar-refractivity contribution in [2.45, 2.75) is 25.8 Å². The minimum absolute atomic E-state index is 0.0208. The zero-order valence-electron chi connectivity index (χ0n) is 13.8. The molecule has 7 nitrogen and oxygen atoms in total. The van der Waals surface area contributed by atoms with Gasteiger partial charge in [0.05, 0.1) is 22.8 Å². The van der Waals surface area contributed by atoms with Crippen molar-refractivity contribution in [2.75, 3.05) is 0 Å². The van der Waals surface area contributed by atoms with Gasteiger partial charge in [-0.15, -0.1) is 0 Å². The number of nitrogens with zero attached hydrogens (tertiary/aromatic N) is 5. The van der Waals surface area contributed by atoms with Crippen molar-refractivity contribution >= 4 is 51.1 Å². The molecule has 3 rings (SSSR count). The van der Waals surface area contributed by atoms with E-state index in [0.29, 0.717) is 28.0 Å². The van der Waals surface area contributed by atoms with E-state index < -0.39 is 5.92 Å². The average Bonchev–Trinajstić information content (AvgIpc) is 3.14. The summed E-state index contributed by atoms with van der Waals surface area (Å²) in [6, 6.07) is 1.98. The topological polar surface area (TPSA) is 96.5 Å². The van der Waals surface area contributed by atoms with Crippen molar-refractivity contribution in [3.05, 3.63) is 50.8 Å². The molecular formula is C17H14ClIN6O. The van der Waals surface area contributed by atoms with Crippen LogP contribution in [-0.2, 0) is 11.3 Å². The number of hydrogen-bond donors (Lipinski definition) is 1. The average molecular weight is 481 g/mol. The Hall–Kier alpha value is -2.25. The highest BCUT2D eigenvalue weighted by Crippen LogP contribution is 2.38. The van der Waals surface area contributed by atoms with E-state index in [1.165, 1.54) is 0 Å². The Morgan fingerprint density at radius 3 is 3.00 bits per heavy atom. The first-order chi connectivity index (χ1) is 12.5. The van der Waals surface area contributed by atoms with E-state index in [0.717, 1.165) is 13.0 Å². The number of halogens is 2. The summed E-state index contributed by atoms with van der Waals surface area (Å²) in [4.78, 5) is 21.2. The predicted octanol–water partition coefficient (Wildman–Crippen LogP) is 3.39. The molecule has 0 saturated carbocycles. The largest absolute Gasteiger partial charge is 0.325 e. The van der Waals surface area contributed by atoms with Crippen LogP contribution >= 0.6 is 34.2 Å². The predicted molar refractivity (Wildman–Crippen MR) is 106 cm³/mol. The van der Waals surface area contributed by atoms with Crippen LogP contribution in [0.4, 0.5) is 0 Å². The van der Waals surface area contributed by atoms with E-state index in [-0.39, 0.29) is 16.8 Å². The van der Waals surface area contributed by atoms with E-state index in [1.807, 2.05) is 41.8 Å². The molecule has 1 N–H and O–H groups in total. The minimum atomic E-state index is -0.719. The van der Waals surface area contributed by atoms with Crippen molar-refractivity contribution in [2.24, 2.45) is 0 Å². The fourth-order valence-corrected chi connectivity index (χ4v) is 3.51. The summed E-state index contributed by atoms with van der Waals surface area (Å²) < 4.78 is 3.51. The first-order valence-corrected chi connectivity index (χ1v) is 9.43. The summed E-state index contributed by atoms with van der Waals surface area (Å²) >= 11 is 8.12. The van der Waals surface area contributed by atoms with Crippen molar-refractivity contribution in [1.29, 1.82) is 5.26 Å². The van der Waals surface area contributed by atoms with Gasteiger partial charge in [0.2, 0.25) is 11.2 Å². The van der Waals surface area contributed by atoms with E-state index >= 15 is 0 Å². The summed E-state index contributed by atoms with van der Waals surface area (Å²) in [5, 5.41) is 17.0. The third-order valence-corrected chi connectivity index (χ3v) is 4.67. The summed E-state index contributed by atoms with van der Waals surface area (Å²) in [6.07, 6.45) is 4.31. The van der Waals surface area contributed by atoms with E-state index in [2.05, 4.69) is 27.0 Å². The Kier molecular flexibility index (Phi) is 5.38. The van der Waals surface area contributed by atoms with Crippen LogP contribution < -0.4 is 5.32 Å². The molecule has 3 heterocycles. The highest BCUT2D eigenvalue weighted by atomic mass is 127. The molecule has 1 fully saturated rings. The van der Waals surface area contributed by atoms with E-state index in [9.17, 15) is 4.79 Å². The smallest absolute Gasteiger partial charge is 0.238 e. The molecule has 9 heteroatoms. The Labute approximate surface area is 168 Å². The van der Waals surface area contributed by atoms with Crippen molar-refractivity contribution in [3.63, 3.8) is 0 Å². The van der Waals surface area contributed by atoms with Gasteiger partial charge in [0.15, 0.2) is 5.65 Å². The van der Waals surface area contributed by atoms with Gasteiger partial charge in [-0.2, -0.15) is 15.3 Å². The third-order valence-electron chi connectivity index (χ3n) is 3.88. The molecule has 0 aromatic carbocycles. The van der Waals surface area contributed by atoms with Crippen LogP contribution in [0.15, 0.2) is 39.8 Å². The van der Waals surface area contributed by atoms with Crippen LogP contribution in [0.3, 0.4) is 0 Å². The number of allylic oxidation sites excluding steroid dienone is 3. The quantitative estimate of drug-likeness (QED) is 0.411. The highest BCUT2D eigenvalue weighted by molar-refractivity contribution is 14.1. The maximum Gasteiger partial charge on any atom is 0.238 e. The maximum absolute atomic E-state index is 12.7. The normalized spacial score (nSPS) is 19.9. The van der Waals surface area contributed by atoms with Gasteiger partial charge in [0.25, 0.3) is 0 Å². The Morgan fingerprint density at radius 2 is 2.35 bits per heavy atom. The second kappa shape index (κ2) is 7.55. The van der Waals surface area contributed by atoms with Crippen LogP contribution in [0.5, 0.6) is 0 Å². The molecule has 2 aromatic rings. The van der Waals surface area contributed by atoms with Crippen LogP contribution in [-0.4, -0.2) is 25.7 Å². The van der Waals surface area contributed by atoms with Crippen LogP contribution in [0, 0.1) is 11.3 Å². The van der Waals surface area contributed by atoms with Crippen molar-refractivity contribution in [3.8, 4) is 6.07 Å². The van der Waals surface area contributed by atoms with Crippen LogP contribution in [0.1, 0.15) is 25.0 Å². The summed E-state index contributed by atoms with van der Waals surface area (Å²) in [5.41, 5.74) is 2.38. The number of amides is 1. The summed E-state index contributed by atoms with van der Waals surface area (Å²) in [6.45, 7) is 6.45. The molecule has 0 radical (unpaired) electrons. The zero-order chi connectivity index (χ0) is 18.8. The molecule has 26 heavy (non-hydrogen) atoms. The molecule has 1 atom stereocenters. The fraction of sp³-hybridized carbons (Fsp3) is 0.235. The lowest BCUT2D eigenvalue weighted by atomic mass is 9.93. The zero-order valence-corrected chi connectivity index (χ0v) is 16.7. The van der Waals surface area contributed by atoms with Gasteiger partial charge in [0.1, 0.15) is 5.92 Å². The van der Waals surface area contributed by atoms with Crippen LogP contribution in [0.25, 0.3) is 11.0 Å². The Balaban J connectivity index is 2.23. The number of rotatable bonds is 4. The molecule has 1 aliphatic rings. The van der Waals surface area contributed by atoms with E-state index in [4.69, 9.17) is 16.9 Å². The molecule has 0 aliphatic carbocycles. The molecule has 1 saturated heterocycles. The first-order valence-electron chi connectivity index (χ1n) is 7.81. The van der Waals surface area contributed by atoms with Gasteiger partial charge in [-0.3, -0.25) is 9.48 Å². The van der Waals surface area contributed by atoms with Gasteiger partial charge < -0.3 is 5.32 Å². The van der Waals surface area contributed by atoms with Gasteiger partial charge in [-0.25, -0.2) is 4.98 Å². The highest BCUT2D eigenvalue weighted by Gasteiger charge is 2.37. The molecule has 1 amide bonds. The Bertz CT molecular complexity index is 1020. The lowest BCUT2D eigenvalue weighted by Gasteiger charge is -2.10. The molecule has 1 unspecified atom stereocenters. The molecule has 2 aromatic heterocycles. The van der Waals surface area contributed by atoms with Gasteiger partial charge in [0, 0.05) is 22.4 Å². The molecule has 132 valence electrons. The van der Waals surface area contributed by atoms with Gasteiger partial charge in [-0.05, 0) is 29.7 Å². The number of aryl methyl sites for hydroxylation is 1. The van der Waals surface area contributed by atoms with Crippen molar-refractivity contribution < 1.29 is 4.79 Å². The number of fused-ring (bicyclic) bond motifs is 1. The fourth-order valence-electron chi connectivity index (χ4n) is 2.83. The lowest BCUT2D eigenvalue weighted by molar-refractivity contribution is -0.119. The maximum atomic E-state index is 12.7. The monoisotopic (exact) mass is 480 g/mol. The van der Waals surface area contributed by atoms with Gasteiger partial charge in [-0.1, -0.05) is 36.1 Å². The lowest BCUT2D eigenvalue weighted by Crippen LogP contribution is -2.18. The molecule has 1 aliphatic heterocycles. The number of hydrogen-bond acceptors (Lipinski definition) is 5. The number of nitriles is 1. The number of carbonyl (C=O) groups is 1.